The van der Waals surface area contributed by atoms with Crippen molar-refractivity contribution >= 4 is 21.4 Å². The predicted octanol–water partition coefficient (Wildman–Crippen LogP) is 3.65. The molecule has 20 heavy (non-hydrogen) atoms. The normalized spacial score (nSPS) is 11.2. The Bertz CT molecular complexity index is 684. The number of rotatable bonds is 6. The monoisotopic (exact) mass is 285 g/mol. The summed E-state index contributed by atoms with van der Waals surface area (Å²) in [5.74, 6) is 0. The first-order chi connectivity index (χ1) is 9.86. The van der Waals surface area contributed by atoms with Gasteiger partial charge in [-0.3, -0.25) is 0 Å². The largest absolute Gasteiger partial charge is 0.333 e. The minimum atomic E-state index is 0.852. The van der Waals surface area contributed by atoms with E-state index in [1.54, 1.807) is 0 Å². The van der Waals surface area contributed by atoms with E-state index in [9.17, 15) is 0 Å². The number of hydrogen-bond donors (Lipinski definition) is 1. The average Bonchev–Trinajstić information content (AvgIpc) is 3.08. The molecule has 2 heterocycles. The topological polar surface area (TPSA) is 29.9 Å². The van der Waals surface area contributed by atoms with E-state index >= 15 is 0 Å². The molecular weight excluding hydrogens is 266 g/mol. The number of imidazole rings is 1. The van der Waals surface area contributed by atoms with Gasteiger partial charge in [-0.25, -0.2) is 4.98 Å². The lowest BCUT2D eigenvalue weighted by atomic mass is 10.2. The van der Waals surface area contributed by atoms with Crippen molar-refractivity contribution in [3.8, 4) is 0 Å². The quantitative estimate of drug-likeness (QED) is 0.701. The van der Waals surface area contributed by atoms with Crippen molar-refractivity contribution in [2.24, 2.45) is 0 Å². The summed E-state index contributed by atoms with van der Waals surface area (Å²) < 4.78 is 3.52. The van der Waals surface area contributed by atoms with Crippen LogP contribution >= 0.6 is 11.3 Å². The maximum Gasteiger partial charge on any atom is 0.0953 e. The molecule has 2 aromatic heterocycles. The van der Waals surface area contributed by atoms with Gasteiger partial charge < -0.3 is 9.88 Å². The van der Waals surface area contributed by atoms with E-state index in [2.05, 4.69) is 57.6 Å². The van der Waals surface area contributed by atoms with Gasteiger partial charge in [0.05, 0.1) is 12.0 Å². The summed E-state index contributed by atoms with van der Waals surface area (Å²) in [6.45, 7) is 4.96. The van der Waals surface area contributed by atoms with Crippen molar-refractivity contribution < 1.29 is 0 Å². The Morgan fingerprint density at radius 1 is 1.30 bits per heavy atom. The highest BCUT2D eigenvalue weighted by molar-refractivity contribution is 7.17. The summed E-state index contributed by atoms with van der Waals surface area (Å²) in [5.41, 5.74) is 2.48. The van der Waals surface area contributed by atoms with E-state index in [4.69, 9.17) is 0 Å². The zero-order valence-corrected chi connectivity index (χ0v) is 12.5. The van der Waals surface area contributed by atoms with E-state index in [-0.39, 0.29) is 0 Å². The van der Waals surface area contributed by atoms with Gasteiger partial charge in [0, 0.05) is 24.0 Å². The van der Waals surface area contributed by atoms with Crippen LogP contribution in [0.5, 0.6) is 0 Å². The van der Waals surface area contributed by atoms with Crippen LogP contribution in [0.2, 0.25) is 0 Å². The van der Waals surface area contributed by atoms with Crippen molar-refractivity contribution in [3.05, 3.63) is 53.4 Å². The molecule has 0 fully saturated rings. The van der Waals surface area contributed by atoms with Crippen LogP contribution < -0.4 is 5.32 Å². The zero-order valence-electron chi connectivity index (χ0n) is 11.7. The second kappa shape index (κ2) is 6.20. The first-order valence-corrected chi connectivity index (χ1v) is 7.91. The molecule has 0 atom stereocenters. The van der Waals surface area contributed by atoms with Crippen LogP contribution in [0.25, 0.3) is 10.1 Å². The lowest BCUT2D eigenvalue weighted by molar-refractivity contribution is 0.665. The molecule has 0 aliphatic carbocycles. The fraction of sp³-hybridized carbons (Fsp3) is 0.312. The van der Waals surface area contributed by atoms with Crippen LogP contribution in [-0.2, 0) is 13.1 Å². The van der Waals surface area contributed by atoms with Gasteiger partial charge in [-0.1, -0.05) is 25.1 Å². The summed E-state index contributed by atoms with van der Waals surface area (Å²) in [6.07, 6.45) is 5.21. The number of fused-ring (bicyclic) bond motifs is 1. The van der Waals surface area contributed by atoms with Crippen LogP contribution in [0.1, 0.15) is 24.6 Å². The molecule has 0 radical (unpaired) electrons. The van der Waals surface area contributed by atoms with Crippen LogP contribution in [0.4, 0.5) is 0 Å². The first kappa shape index (κ1) is 13.3. The van der Waals surface area contributed by atoms with E-state index < -0.39 is 0 Å². The Kier molecular flexibility index (Phi) is 4.14. The predicted molar refractivity (Wildman–Crippen MR) is 85.2 cm³/mol. The third kappa shape index (κ3) is 2.92. The molecule has 3 aromatic rings. The molecule has 0 aliphatic rings. The number of aromatic nitrogens is 2. The number of nitrogens with zero attached hydrogens (tertiary/aromatic N) is 2. The molecule has 0 spiro atoms. The van der Waals surface area contributed by atoms with E-state index in [0.29, 0.717) is 0 Å². The molecule has 1 N–H and O–H groups in total. The molecule has 104 valence electrons. The smallest absolute Gasteiger partial charge is 0.0953 e. The SMILES string of the molecule is CCCNCc1cn(Cc2csc3ccccc23)cn1. The van der Waals surface area contributed by atoms with Crippen LogP contribution in [0.15, 0.2) is 42.2 Å². The van der Waals surface area contributed by atoms with E-state index in [0.717, 1.165) is 31.7 Å². The molecule has 3 nitrogen and oxygen atoms in total. The van der Waals surface area contributed by atoms with Gasteiger partial charge in [-0.05, 0) is 35.4 Å². The van der Waals surface area contributed by atoms with Crippen molar-refractivity contribution in [2.45, 2.75) is 26.4 Å². The number of hydrogen-bond acceptors (Lipinski definition) is 3. The summed E-state index contributed by atoms with van der Waals surface area (Å²) >= 11 is 1.81. The lowest BCUT2D eigenvalue weighted by Gasteiger charge is -2.01. The van der Waals surface area contributed by atoms with Gasteiger partial charge in [0.1, 0.15) is 0 Å². The molecule has 4 heteroatoms. The van der Waals surface area contributed by atoms with Gasteiger partial charge >= 0.3 is 0 Å². The second-order valence-electron chi connectivity index (χ2n) is 4.97. The summed E-state index contributed by atoms with van der Waals surface area (Å²) in [7, 11) is 0. The lowest BCUT2D eigenvalue weighted by Crippen LogP contribution is -2.13. The van der Waals surface area contributed by atoms with Crippen LogP contribution in [0, 0.1) is 0 Å². The Hall–Kier alpha value is -1.65. The summed E-state index contributed by atoms with van der Waals surface area (Å²) in [6, 6.07) is 8.57. The fourth-order valence-electron chi connectivity index (χ4n) is 2.33. The van der Waals surface area contributed by atoms with Crippen molar-refractivity contribution in [2.75, 3.05) is 6.54 Å². The van der Waals surface area contributed by atoms with Crippen molar-refractivity contribution in [3.63, 3.8) is 0 Å². The van der Waals surface area contributed by atoms with Crippen molar-refractivity contribution in [1.29, 1.82) is 0 Å². The number of nitrogens with one attached hydrogen (secondary N) is 1. The minimum Gasteiger partial charge on any atom is -0.333 e. The highest BCUT2D eigenvalue weighted by Crippen LogP contribution is 2.26. The van der Waals surface area contributed by atoms with Gasteiger partial charge in [0.15, 0.2) is 0 Å². The maximum absolute atomic E-state index is 4.45. The summed E-state index contributed by atoms with van der Waals surface area (Å²) in [5, 5.41) is 6.99. The molecule has 1 aromatic carbocycles. The van der Waals surface area contributed by atoms with Gasteiger partial charge in [0.2, 0.25) is 0 Å². The molecule has 0 saturated heterocycles. The second-order valence-corrected chi connectivity index (χ2v) is 5.88. The Morgan fingerprint density at radius 3 is 3.10 bits per heavy atom. The van der Waals surface area contributed by atoms with Crippen LogP contribution in [-0.4, -0.2) is 16.1 Å². The molecule has 0 unspecified atom stereocenters. The molecule has 3 rings (SSSR count). The highest BCUT2D eigenvalue weighted by atomic mass is 32.1. The van der Waals surface area contributed by atoms with Gasteiger partial charge in [-0.15, -0.1) is 11.3 Å². The minimum absolute atomic E-state index is 0.852. The molecule has 0 saturated carbocycles. The van der Waals surface area contributed by atoms with Crippen LogP contribution in [0.3, 0.4) is 0 Å². The van der Waals surface area contributed by atoms with Crippen molar-refractivity contribution in [1.82, 2.24) is 14.9 Å². The summed E-state index contributed by atoms with van der Waals surface area (Å²) in [4.78, 5) is 4.45. The van der Waals surface area contributed by atoms with E-state index in [1.165, 1.54) is 15.6 Å². The highest BCUT2D eigenvalue weighted by Gasteiger charge is 2.05. The standard InChI is InChI=1S/C16H19N3S/c1-2-7-17-8-14-10-19(12-18-14)9-13-11-20-16-6-4-3-5-15(13)16/h3-6,10-12,17H,2,7-9H2,1H3. The average molecular weight is 285 g/mol. The Labute approximate surface area is 123 Å². The molecule has 0 amide bonds. The van der Waals surface area contributed by atoms with Gasteiger partial charge in [-0.2, -0.15) is 0 Å². The number of thiophene rings is 1. The third-order valence-corrected chi connectivity index (χ3v) is 4.35. The molecular formula is C16H19N3S. The van der Waals surface area contributed by atoms with E-state index in [1.807, 2.05) is 17.7 Å². The zero-order chi connectivity index (χ0) is 13.8. The molecule has 0 aliphatic heterocycles. The number of benzene rings is 1. The molecule has 0 bridgehead atoms. The maximum atomic E-state index is 4.45. The third-order valence-electron chi connectivity index (χ3n) is 3.33. The Morgan fingerprint density at radius 2 is 2.20 bits per heavy atom. The van der Waals surface area contributed by atoms with Gasteiger partial charge in [0.25, 0.3) is 0 Å². The first-order valence-electron chi connectivity index (χ1n) is 7.03. The fourth-order valence-corrected chi connectivity index (χ4v) is 3.28. The Balaban J connectivity index is 1.71.